The summed E-state index contributed by atoms with van der Waals surface area (Å²) in [6.07, 6.45) is 1.96. The molecule has 3 nitrogen and oxygen atoms in total. The van der Waals surface area contributed by atoms with E-state index < -0.39 is 0 Å². The number of rotatable bonds is 3. The first-order chi connectivity index (χ1) is 10.2. The van der Waals surface area contributed by atoms with Crippen molar-refractivity contribution < 1.29 is 0 Å². The number of aryl methyl sites for hydroxylation is 1. The first-order valence-electron chi connectivity index (χ1n) is 7.37. The Hall–Kier alpha value is -1.23. The minimum Gasteiger partial charge on any atom is -0.314 e. The predicted octanol–water partition coefficient (Wildman–Crippen LogP) is 3.15. The number of hydrogen-bond acceptors (Lipinski definition) is 3. The third-order valence-corrected chi connectivity index (χ3v) is 4.45. The molecule has 1 fully saturated rings. The van der Waals surface area contributed by atoms with Crippen molar-refractivity contribution in [1.29, 1.82) is 0 Å². The Labute approximate surface area is 134 Å². The topological polar surface area (TPSA) is 28.2 Å². The summed E-state index contributed by atoms with van der Waals surface area (Å²) in [5, 5.41) is 3.42. The lowest BCUT2D eigenvalue weighted by molar-refractivity contribution is 0.195. The van der Waals surface area contributed by atoms with Gasteiger partial charge in [-0.05, 0) is 36.2 Å². The highest BCUT2D eigenvalue weighted by molar-refractivity contribution is 9.10. The first kappa shape index (κ1) is 14.7. The van der Waals surface area contributed by atoms with Gasteiger partial charge in [0.2, 0.25) is 0 Å². The lowest BCUT2D eigenvalue weighted by Gasteiger charge is -2.35. The van der Waals surface area contributed by atoms with Crippen LogP contribution in [0.4, 0.5) is 0 Å². The Morgan fingerprint density at radius 2 is 1.81 bits per heavy atom. The Morgan fingerprint density at radius 1 is 1.10 bits per heavy atom. The fourth-order valence-electron chi connectivity index (χ4n) is 2.80. The van der Waals surface area contributed by atoms with E-state index in [-0.39, 0.29) is 6.04 Å². The molecule has 0 saturated carbocycles. The standard InChI is InChI=1S/C17H20BrN3/c1-13-2-7-16(20-12-13)17(21-10-8-19-9-11-21)14-3-5-15(18)6-4-14/h2-7,12,17,19H,8-11H2,1H3. The molecule has 3 rings (SSSR count). The molecule has 1 aromatic carbocycles. The smallest absolute Gasteiger partial charge is 0.0777 e. The molecular weight excluding hydrogens is 326 g/mol. The van der Waals surface area contributed by atoms with Gasteiger partial charge in [0.25, 0.3) is 0 Å². The number of nitrogens with one attached hydrogen (secondary N) is 1. The van der Waals surface area contributed by atoms with Crippen LogP contribution in [0.1, 0.15) is 22.9 Å². The third-order valence-electron chi connectivity index (χ3n) is 3.92. The lowest BCUT2D eigenvalue weighted by Crippen LogP contribution is -2.45. The number of piperazine rings is 1. The highest BCUT2D eigenvalue weighted by Gasteiger charge is 2.24. The van der Waals surface area contributed by atoms with E-state index in [1.54, 1.807) is 0 Å². The monoisotopic (exact) mass is 345 g/mol. The number of nitrogens with zero attached hydrogens (tertiary/aromatic N) is 2. The van der Waals surface area contributed by atoms with Crippen molar-refractivity contribution in [3.8, 4) is 0 Å². The molecule has 1 N–H and O–H groups in total. The summed E-state index contributed by atoms with van der Waals surface area (Å²) in [5.41, 5.74) is 3.63. The van der Waals surface area contributed by atoms with Gasteiger partial charge in [0.05, 0.1) is 11.7 Å². The van der Waals surface area contributed by atoms with Gasteiger partial charge in [-0.2, -0.15) is 0 Å². The molecule has 110 valence electrons. The minimum absolute atomic E-state index is 0.237. The summed E-state index contributed by atoms with van der Waals surface area (Å²) < 4.78 is 1.11. The van der Waals surface area contributed by atoms with E-state index in [1.807, 2.05) is 6.20 Å². The number of benzene rings is 1. The molecule has 1 saturated heterocycles. The van der Waals surface area contributed by atoms with Crippen LogP contribution in [-0.2, 0) is 0 Å². The molecule has 2 heterocycles. The number of pyridine rings is 1. The van der Waals surface area contributed by atoms with Crippen LogP contribution in [0.2, 0.25) is 0 Å². The van der Waals surface area contributed by atoms with E-state index in [1.165, 1.54) is 11.1 Å². The fraction of sp³-hybridized carbons (Fsp3) is 0.353. The second kappa shape index (κ2) is 6.69. The fourth-order valence-corrected chi connectivity index (χ4v) is 3.06. The second-order valence-corrected chi connectivity index (χ2v) is 6.42. The van der Waals surface area contributed by atoms with Crippen LogP contribution < -0.4 is 5.32 Å². The van der Waals surface area contributed by atoms with E-state index in [9.17, 15) is 0 Å². The van der Waals surface area contributed by atoms with Crippen molar-refractivity contribution >= 4 is 15.9 Å². The van der Waals surface area contributed by atoms with Gasteiger partial charge in [0, 0.05) is 36.8 Å². The van der Waals surface area contributed by atoms with Gasteiger partial charge < -0.3 is 5.32 Å². The highest BCUT2D eigenvalue weighted by atomic mass is 79.9. The van der Waals surface area contributed by atoms with Crippen molar-refractivity contribution in [2.45, 2.75) is 13.0 Å². The molecule has 21 heavy (non-hydrogen) atoms. The van der Waals surface area contributed by atoms with Gasteiger partial charge >= 0.3 is 0 Å². The molecule has 0 radical (unpaired) electrons. The molecule has 1 atom stereocenters. The second-order valence-electron chi connectivity index (χ2n) is 5.50. The van der Waals surface area contributed by atoms with Crippen LogP contribution in [0.15, 0.2) is 47.1 Å². The van der Waals surface area contributed by atoms with Crippen molar-refractivity contribution in [2.75, 3.05) is 26.2 Å². The molecule has 0 spiro atoms. The third kappa shape index (κ3) is 3.51. The minimum atomic E-state index is 0.237. The normalized spacial score (nSPS) is 17.6. The van der Waals surface area contributed by atoms with Crippen LogP contribution in [-0.4, -0.2) is 36.1 Å². The molecule has 0 aliphatic carbocycles. The molecule has 1 aromatic heterocycles. The van der Waals surface area contributed by atoms with Crippen LogP contribution in [0.25, 0.3) is 0 Å². The Balaban J connectivity index is 1.97. The summed E-state index contributed by atoms with van der Waals surface area (Å²) >= 11 is 3.52. The average Bonchev–Trinajstić information content (AvgIpc) is 2.52. The maximum absolute atomic E-state index is 4.68. The van der Waals surface area contributed by atoms with E-state index in [0.29, 0.717) is 0 Å². The van der Waals surface area contributed by atoms with Crippen LogP contribution in [0, 0.1) is 6.92 Å². The molecule has 1 unspecified atom stereocenters. The number of aromatic nitrogens is 1. The van der Waals surface area contributed by atoms with Gasteiger partial charge in [0.15, 0.2) is 0 Å². The zero-order valence-corrected chi connectivity index (χ0v) is 13.8. The molecule has 4 heteroatoms. The highest BCUT2D eigenvalue weighted by Crippen LogP contribution is 2.28. The maximum Gasteiger partial charge on any atom is 0.0777 e. The van der Waals surface area contributed by atoms with Crippen LogP contribution in [0.3, 0.4) is 0 Å². The summed E-state index contributed by atoms with van der Waals surface area (Å²) in [5.74, 6) is 0. The van der Waals surface area contributed by atoms with Gasteiger partial charge in [-0.1, -0.05) is 34.1 Å². The van der Waals surface area contributed by atoms with Crippen LogP contribution >= 0.6 is 15.9 Å². The van der Waals surface area contributed by atoms with E-state index >= 15 is 0 Å². The maximum atomic E-state index is 4.68. The van der Waals surface area contributed by atoms with Crippen molar-refractivity contribution in [3.63, 3.8) is 0 Å². The van der Waals surface area contributed by atoms with Crippen LogP contribution in [0.5, 0.6) is 0 Å². The van der Waals surface area contributed by atoms with Gasteiger partial charge in [-0.15, -0.1) is 0 Å². The van der Waals surface area contributed by atoms with Crippen molar-refractivity contribution in [2.24, 2.45) is 0 Å². The summed E-state index contributed by atoms with van der Waals surface area (Å²) in [6, 6.07) is 13.1. The van der Waals surface area contributed by atoms with Gasteiger partial charge in [-0.3, -0.25) is 9.88 Å². The van der Waals surface area contributed by atoms with E-state index in [0.717, 1.165) is 36.3 Å². The molecule has 2 aromatic rings. The SMILES string of the molecule is Cc1ccc(C(c2ccc(Br)cc2)N2CCNCC2)nc1. The number of halogens is 1. The van der Waals surface area contributed by atoms with E-state index in [2.05, 4.69) is 74.5 Å². The predicted molar refractivity (Wildman–Crippen MR) is 89.4 cm³/mol. The van der Waals surface area contributed by atoms with Crippen molar-refractivity contribution in [1.82, 2.24) is 15.2 Å². The Morgan fingerprint density at radius 3 is 2.43 bits per heavy atom. The Kier molecular flexibility index (Phi) is 4.68. The lowest BCUT2D eigenvalue weighted by atomic mass is 10.0. The first-order valence-corrected chi connectivity index (χ1v) is 8.16. The van der Waals surface area contributed by atoms with Crippen molar-refractivity contribution in [3.05, 3.63) is 63.9 Å². The summed E-state index contributed by atoms with van der Waals surface area (Å²) in [7, 11) is 0. The zero-order valence-electron chi connectivity index (χ0n) is 12.2. The summed E-state index contributed by atoms with van der Waals surface area (Å²) in [4.78, 5) is 7.19. The quantitative estimate of drug-likeness (QED) is 0.926. The molecule has 0 amide bonds. The van der Waals surface area contributed by atoms with Gasteiger partial charge in [-0.25, -0.2) is 0 Å². The largest absolute Gasteiger partial charge is 0.314 e. The zero-order chi connectivity index (χ0) is 14.7. The Bertz CT molecular complexity index is 528. The van der Waals surface area contributed by atoms with E-state index in [4.69, 9.17) is 0 Å². The summed E-state index contributed by atoms with van der Waals surface area (Å²) in [6.45, 7) is 6.26. The molecule has 1 aliphatic heterocycles. The number of hydrogen-bond donors (Lipinski definition) is 1. The molecule has 1 aliphatic rings. The molecular formula is C17H20BrN3. The average molecular weight is 346 g/mol. The molecule has 0 bridgehead atoms. The van der Waals surface area contributed by atoms with Gasteiger partial charge in [0.1, 0.15) is 0 Å².